The summed E-state index contributed by atoms with van der Waals surface area (Å²) in [5.74, 6) is -6.14. The molecule has 0 radical (unpaired) electrons. The molecule has 1 aliphatic carbocycles. The Hall–Kier alpha value is -3.07. The first kappa shape index (κ1) is 25.0. The van der Waals surface area contributed by atoms with Crippen molar-refractivity contribution >= 4 is 5.97 Å². The molecule has 3 atom stereocenters. The third-order valence-corrected chi connectivity index (χ3v) is 6.80. The lowest BCUT2D eigenvalue weighted by Crippen LogP contribution is -2.45. The van der Waals surface area contributed by atoms with Crippen molar-refractivity contribution in [2.75, 3.05) is 13.2 Å². The maximum Gasteiger partial charge on any atom is 0.343 e. The molecule has 1 saturated carbocycles. The molecule has 9 heteroatoms. The lowest BCUT2D eigenvalue weighted by atomic mass is 9.80. The van der Waals surface area contributed by atoms with E-state index in [0.717, 1.165) is 6.07 Å². The van der Waals surface area contributed by atoms with E-state index in [1.165, 1.54) is 24.3 Å². The van der Waals surface area contributed by atoms with Gasteiger partial charge in [-0.3, -0.25) is 0 Å². The van der Waals surface area contributed by atoms with Crippen molar-refractivity contribution in [2.24, 2.45) is 5.92 Å². The van der Waals surface area contributed by atoms with Gasteiger partial charge in [-0.2, -0.15) is 0 Å². The molecule has 1 aliphatic heterocycles. The molecule has 0 saturated heterocycles. The second kappa shape index (κ2) is 9.89. The zero-order valence-corrected chi connectivity index (χ0v) is 19.3. The monoisotopic (exact) mass is 492 g/mol. The Kier molecular flexibility index (Phi) is 7.07. The highest BCUT2D eigenvalue weighted by molar-refractivity contribution is 5.81. The van der Waals surface area contributed by atoms with Gasteiger partial charge in [0.25, 0.3) is 0 Å². The number of alkyl halides is 2. The Morgan fingerprint density at radius 3 is 2.40 bits per heavy atom. The Morgan fingerprint density at radius 1 is 1.11 bits per heavy atom. The van der Waals surface area contributed by atoms with Gasteiger partial charge in [0.1, 0.15) is 18.2 Å². The van der Waals surface area contributed by atoms with Crippen LogP contribution in [0.25, 0.3) is 0 Å². The fraction of sp³-hybridized carbons (Fsp3) is 0.423. The van der Waals surface area contributed by atoms with Gasteiger partial charge < -0.3 is 19.6 Å². The summed E-state index contributed by atoms with van der Waals surface area (Å²) in [5, 5.41) is 11.4. The topological polar surface area (TPSA) is 53.0 Å². The second-order valence-electron chi connectivity index (χ2n) is 9.18. The number of halogens is 4. The van der Waals surface area contributed by atoms with Crippen molar-refractivity contribution in [3.63, 3.8) is 0 Å². The first-order valence-electron chi connectivity index (χ1n) is 11.6. The Bertz CT molecular complexity index is 1060. The molecular weight excluding hydrogens is 464 g/mol. The highest BCUT2D eigenvalue weighted by atomic mass is 19.3. The van der Waals surface area contributed by atoms with Crippen molar-refractivity contribution in [3.05, 3.63) is 83.7 Å². The quantitative estimate of drug-likeness (QED) is 0.425. The van der Waals surface area contributed by atoms with Crippen LogP contribution in [0, 0.1) is 17.6 Å². The predicted molar refractivity (Wildman–Crippen MR) is 121 cm³/mol. The van der Waals surface area contributed by atoms with Crippen LogP contribution in [0.1, 0.15) is 37.3 Å². The van der Waals surface area contributed by atoms with Crippen molar-refractivity contribution in [1.82, 2.24) is 9.80 Å². The smallest absolute Gasteiger partial charge is 0.343 e. The summed E-state index contributed by atoms with van der Waals surface area (Å²) < 4.78 is 60.2. The van der Waals surface area contributed by atoms with E-state index >= 15 is 0 Å². The largest absolute Gasteiger partial charge is 0.461 e. The molecule has 35 heavy (non-hydrogen) atoms. The first-order valence-corrected chi connectivity index (χ1v) is 11.6. The van der Waals surface area contributed by atoms with E-state index in [-0.39, 0.29) is 44.3 Å². The van der Waals surface area contributed by atoms with E-state index in [2.05, 4.69) is 0 Å². The summed E-state index contributed by atoms with van der Waals surface area (Å²) in [4.78, 5) is 16.8. The fourth-order valence-electron chi connectivity index (χ4n) is 4.84. The van der Waals surface area contributed by atoms with Gasteiger partial charge in [0.2, 0.25) is 5.92 Å². The predicted octanol–water partition coefficient (Wildman–Crippen LogP) is 4.77. The number of nitrogens with zero attached hydrogens (tertiary/aromatic N) is 2. The van der Waals surface area contributed by atoms with Gasteiger partial charge in [0.05, 0.1) is 12.7 Å². The average molecular weight is 493 g/mol. The summed E-state index contributed by atoms with van der Waals surface area (Å²) >= 11 is 0. The van der Waals surface area contributed by atoms with Gasteiger partial charge in [0, 0.05) is 43.8 Å². The van der Waals surface area contributed by atoms with Gasteiger partial charge in [-0.25, -0.2) is 22.4 Å². The van der Waals surface area contributed by atoms with Crippen molar-refractivity contribution in [3.8, 4) is 0 Å². The van der Waals surface area contributed by atoms with E-state index in [4.69, 9.17) is 4.74 Å². The van der Waals surface area contributed by atoms with Crippen LogP contribution in [-0.2, 0) is 21.7 Å². The summed E-state index contributed by atoms with van der Waals surface area (Å²) in [6, 6.07) is 11.4. The highest BCUT2D eigenvalue weighted by Gasteiger charge is 2.54. The highest BCUT2D eigenvalue weighted by Crippen LogP contribution is 2.47. The minimum Gasteiger partial charge on any atom is -0.461 e. The number of carbonyl (C=O) groups excluding carboxylic acids is 1. The lowest BCUT2D eigenvalue weighted by Gasteiger charge is -2.33. The third-order valence-electron chi connectivity index (χ3n) is 6.80. The normalized spacial score (nSPS) is 22.9. The zero-order chi connectivity index (χ0) is 25.2. The van der Waals surface area contributed by atoms with Crippen LogP contribution in [-0.4, -0.2) is 46.1 Å². The van der Waals surface area contributed by atoms with Crippen LogP contribution in [0.2, 0.25) is 0 Å². The first-order chi connectivity index (χ1) is 16.6. The van der Waals surface area contributed by atoms with Crippen molar-refractivity contribution in [1.29, 1.82) is 0 Å². The minimum absolute atomic E-state index is 0.00895. The number of rotatable bonds is 8. The Balaban J connectivity index is 1.37. The van der Waals surface area contributed by atoms with Crippen molar-refractivity contribution < 1.29 is 32.2 Å². The van der Waals surface area contributed by atoms with Crippen LogP contribution in [0.15, 0.2) is 60.9 Å². The summed E-state index contributed by atoms with van der Waals surface area (Å²) in [6.45, 7) is 2.38. The molecule has 1 unspecified atom stereocenters. The van der Waals surface area contributed by atoms with Gasteiger partial charge in [-0.05, 0) is 36.6 Å². The molecular formula is C26H28F4N2O3. The van der Waals surface area contributed by atoms with Crippen molar-refractivity contribution in [2.45, 2.75) is 50.4 Å². The number of benzene rings is 2. The van der Waals surface area contributed by atoms with E-state index in [0.29, 0.717) is 5.56 Å². The van der Waals surface area contributed by atoms with Crippen LogP contribution in [0.3, 0.4) is 0 Å². The molecule has 188 valence electrons. The number of hydrogen-bond acceptors (Lipinski definition) is 5. The molecule has 2 aliphatic rings. The number of hydrogen-bond donors (Lipinski definition) is 1. The molecule has 1 fully saturated rings. The van der Waals surface area contributed by atoms with Crippen LogP contribution >= 0.6 is 0 Å². The lowest BCUT2D eigenvalue weighted by molar-refractivity contribution is -0.175. The van der Waals surface area contributed by atoms with E-state index in [1.807, 2.05) is 16.7 Å². The van der Waals surface area contributed by atoms with E-state index in [9.17, 15) is 27.5 Å². The van der Waals surface area contributed by atoms with Crippen LogP contribution < -0.4 is 0 Å². The third kappa shape index (κ3) is 5.45. The summed E-state index contributed by atoms with van der Waals surface area (Å²) in [7, 11) is 0. The van der Waals surface area contributed by atoms with E-state index in [1.54, 1.807) is 30.6 Å². The summed E-state index contributed by atoms with van der Waals surface area (Å²) in [5.41, 5.74) is -1.45. The van der Waals surface area contributed by atoms with E-state index < -0.39 is 41.5 Å². The van der Waals surface area contributed by atoms with Gasteiger partial charge in [-0.1, -0.05) is 30.3 Å². The molecule has 1 heterocycles. The number of esters is 1. The maximum absolute atomic E-state index is 13.9. The standard InChI is InChI=1S/C26H28F4N2O3/c1-18-31(9-10-32(18)17-19-13-22(27)15-23(28)14-19)11-12-35-24(33)26(34,20-5-3-2-4-6-20)21-7-8-25(29,30)16-21/h2-6,9-10,13-15,18,21,34H,7-8,11-12,16-17H2,1H3/t18?,21-,26+/m1/s1. The molecule has 4 rings (SSSR count). The van der Waals surface area contributed by atoms with Gasteiger partial charge in [0.15, 0.2) is 5.60 Å². The molecule has 1 N–H and O–H groups in total. The molecule has 5 nitrogen and oxygen atoms in total. The number of ether oxygens (including phenoxy) is 1. The SMILES string of the molecule is CC1N(CCOC(=O)[C@](O)(c2ccccc2)[C@@H]2CCC(F)(F)C2)C=CN1Cc1cc(F)cc(F)c1. The van der Waals surface area contributed by atoms with Gasteiger partial charge >= 0.3 is 5.97 Å². The second-order valence-corrected chi connectivity index (χ2v) is 9.18. The zero-order valence-electron chi connectivity index (χ0n) is 19.3. The molecule has 0 aromatic heterocycles. The minimum atomic E-state index is -2.93. The molecule has 0 bridgehead atoms. The number of carbonyl (C=O) groups is 1. The Labute approximate surface area is 201 Å². The molecule has 2 aromatic carbocycles. The maximum atomic E-state index is 13.9. The Morgan fingerprint density at radius 2 is 1.77 bits per heavy atom. The molecule has 0 spiro atoms. The number of aliphatic hydroxyl groups is 1. The average Bonchev–Trinajstić information content (AvgIpc) is 3.35. The molecule has 2 aromatic rings. The fourth-order valence-corrected chi connectivity index (χ4v) is 4.84. The van der Waals surface area contributed by atoms with Gasteiger partial charge in [-0.15, -0.1) is 0 Å². The summed E-state index contributed by atoms with van der Waals surface area (Å²) in [6.07, 6.45) is 2.40. The van der Waals surface area contributed by atoms with Crippen LogP contribution in [0.4, 0.5) is 17.6 Å². The van der Waals surface area contributed by atoms with Crippen LogP contribution in [0.5, 0.6) is 0 Å². The molecule has 0 amide bonds.